The molecule has 0 unspecified atom stereocenters. The molecule has 2 heteroatoms. The van der Waals surface area contributed by atoms with Crippen molar-refractivity contribution in [3.05, 3.63) is 35.9 Å². The van der Waals surface area contributed by atoms with Gasteiger partial charge in [-0.15, -0.1) is 0 Å². The topological polar surface area (TPSA) is 29.1 Å². The van der Waals surface area contributed by atoms with E-state index in [-0.39, 0.29) is 5.91 Å². The molecule has 1 aromatic carbocycles. The van der Waals surface area contributed by atoms with E-state index < -0.39 is 0 Å². The summed E-state index contributed by atoms with van der Waals surface area (Å²) in [6.45, 7) is 10.2. The third kappa shape index (κ3) is 6.80. The van der Waals surface area contributed by atoms with Gasteiger partial charge in [0.1, 0.15) is 0 Å². The van der Waals surface area contributed by atoms with Crippen molar-refractivity contribution >= 4 is 17.2 Å². The van der Waals surface area contributed by atoms with E-state index in [1.54, 1.807) is 0 Å². The first-order valence-corrected chi connectivity index (χ1v) is 7.20. The van der Waals surface area contributed by atoms with Crippen LogP contribution in [0, 0.1) is 0 Å². The molecular weight excluding hydrogens is 234 g/mol. The highest BCUT2D eigenvalue weighted by Gasteiger charge is 2.01. The summed E-state index contributed by atoms with van der Waals surface area (Å²) in [7, 11) is 0. The molecule has 106 valence electrons. The molecule has 1 aromatic rings. The first-order valence-electron chi connectivity index (χ1n) is 7.20. The van der Waals surface area contributed by atoms with Gasteiger partial charge in [0, 0.05) is 12.1 Å². The van der Waals surface area contributed by atoms with Gasteiger partial charge >= 0.3 is 0 Å². The SMILES string of the molecule is C/C=C(/C)c1ccc(NC(=O)CCCC)cc1.CC. The summed E-state index contributed by atoms with van der Waals surface area (Å²) in [6, 6.07) is 7.97. The van der Waals surface area contributed by atoms with Gasteiger partial charge in [0.25, 0.3) is 0 Å². The molecule has 0 bridgehead atoms. The van der Waals surface area contributed by atoms with E-state index in [1.165, 1.54) is 11.1 Å². The largest absolute Gasteiger partial charge is 0.326 e. The van der Waals surface area contributed by atoms with Crippen molar-refractivity contribution in [2.75, 3.05) is 5.32 Å². The van der Waals surface area contributed by atoms with E-state index in [0.29, 0.717) is 6.42 Å². The Hall–Kier alpha value is -1.57. The molecule has 0 saturated heterocycles. The van der Waals surface area contributed by atoms with Crippen LogP contribution in [-0.2, 0) is 4.79 Å². The van der Waals surface area contributed by atoms with Crippen LogP contribution in [0.3, 0.4) is 0 Å². The fourth-order valence-corrected chi connectivity index (χ4v) is 1.54. The second-order valence-electron chi connectivity index (χ2n) is 4.20. The van der Waals surface area contributed by atoms with Crippen LogP contribution >= 0.6 is 0 Å². The average Bonchev–Trinajstić information content (AvgIpc) is 2.47. The Morgan fingerprint density at radius 1 is 1.21 bits per heavy atom. The Labute approximate surface area is 117 Å². The van der Waals surface area contributed by atoms with Gasteiger partial charge in [-0.1, -0.05) is 45.4 Å². The van der Waals surface area contributed by atoms with Crippen molar-refractivity contribution in [3.8, 4) is 0 Å². The molecular formula is C17H27NO. The molecule has 0 fully saturated rings. The van der Waals surface area contributed by atoms with Gasteiger partial charge in [-0.25, -0.2) is 0 Å². The Bertz CT molecular complexity index is 390. The number of amides is 1. The third-order valence-electron chi connectivity index (χ3n) is 2.81. The summed E-state index contributed by atoms with van der Waals surface area (Å²) in [5.41, 5.74) is 3.31. The van der Waals surface area contributed by atoms with Crippen LogP contribution < -0.4 is 5.32 Å². The standard InChI is InChI=1S/C15H21NO.C2H6/c1-4-6-7-15(17)16-14-10-8-13(9-11-14)12(3)5-2;1-2/h5,8-11H,4,6-7H2,1-3H3,(H,16,17);1-2H3/b12-5-;. The van der Waals surface area contributed by atoms with Gasteiger partial charge in [0.15, 0.2) is 0 Å². The Balaban J connectivity index is 0.00000154. The van der Waals surface area contributed by atoms with E-state index in [9.17, 15) is 4.79 Å². The molecule has 2 nitrogen and oxygen atoms in total. The van der Waals surface area contributed by atoms with Crippen molar-refractivity contribution in [1.29, 1.82) is 0 Å². The lowest BCUT2D eigenvalue weighted by atomic mass is 10.1. The number of carbonyl (C=O) groups excluding carboxylic acids is 1. The van der Waals surface area contributed by atoms with E-state index in [2.05, 4.69) is 25.2 Å². The predicted octanol–water partition coefficient (Wildman–Crippen LogP) is 5.26. The quantitative estimate of drug-likeness (QED) is 0.769. The minimum Gasteiger partial charge on any atom is -0.326 e. The fraction of sp³-hybridized carbons (Fsp3) is 0.471. The lowest BCUT2D eigenvalue weighted by molar-refractivity contribution is -0.116. The molecule has 0 radical (unpaired) electrons. The number of hydrogen-bond donors (Lipinski definition) is 1. The molecule has 0 saturated carbocycles. The van der Waals surface area contributed by atoms with E-state index in [0.717, 1.165) is 18.5 Å². The molecule has 0 spiro atoms. The second kappa shape index (κ2) is 10.4. The molecule has 1 amide bonds. The normalized spacial score (nSPS) is 10.5. The molecule has 0 aliphatic carbocycles. The van der Waals surface area contributed by atoms with Crippen molar-refractivity contribution < 1.29 is 4.79 Å². The zero-order valence-corrected chi connectivity index (χ0v) is 12.9. The minimum absolute atomic E-state index is 0.0994. The van der Waals surface area contributed by atoms with Crippen LogP contribution in [-0.4, -0.2) is 5.91 Å². The van der Waals surface area contributed by atoms with E-state index in [4.69, 9.17) is 0 Å². The first-order chi connectivity index (χ1) is 9.17. The highest BCUT2D eigenvalue weighted by Crippen LogP contribution is 2.17. The molecule has 0 aromatic heterocycles. The van der Waals surface area contributed by atoms with E-state index >= 15 is 0 Å². The van der Waals surface area contributed by atoms with Gasteiger partial charge < -0.3 is 5.32 Å². The maximum absolute atomic E-state index is 11.5. The van der Waals surface area contributed by atoms with Gasteiger partial charge in [-0.2, -0.15) is 0 Å². The summed E-state index contributed by atoms with van der Waals surface area (Å²) in [4.78, 5) is 11.5. The lowest BCUT2D eigenvalue weighted by Crippen LogP contribution is -2.10. The number of carbonyl (C=O) groups is 1. The molecule has 0 atom stereocenters. The number of hydrogen-bond acceptors (Lipinski definition) is 1. The maximum Gasteiger partial charge on any atom is 0.224 e. The predicted molar refractivity (Wildman–Crippen MR) is 85.3 cm³/mol. The number of benzene rings is 1. The van der Waals surface area contributed by atoms with Gasteiger partial charge in [0.2, 0.25) is 5.91 Å². The number of allylic oxidation sites excluding steroid dienone is 2. The molecule has 0 aliphatic heterocycles. The number of nitrogens with one attached hydrogen (secondary N) is 1. The van der Waals surface area contributed by atoms with Crippen LogP contribution in [0.25, 0.3) is 5.57 Å². The highest BCUT2D eigenvalue weighted by molar-refractivity contribution is 5.90. The molecule has 19 heavy (non-hydrogen) atoms. The van der Waals surface area contributed by atoms with Crippen molar-refractivity contribution in [2.45, 2.75) is 53.9 Å². The molecule has 1 N–H and O–H groups in total. The first kappa shape index (κ1) is 17.4. The van der Waals surface area contributed by atoms with Crippen LogP contribution in [0.5, 0.6) is 0 Å². The van der Waals surface area contributed by atoms with Crippen molar-refractivity contribution in [1.82, 2.24) is 0 Å². The zero-order chi connectivity index (χ0) is 14.7. The summed E-state index contributed by atoms with van der Waals surface area (Å²) >= 11 is 0. The van der Waals surface area contributed by atoms with Crippen molar-refractivity contribution in [3.63, 3.8) is 0 Å². The highest BCUT2D eigenvalue weighted by atomic mass is 16.1. The van der Waals surface area contributed by atoms with E-state index in [1.807, 2.05) is 45.0 Å². The molecule has 1 rings (SSSR count). The van der Waals surface area contributed by atoms with Gasteiger partial charge in [-0.05, 0) is 43.5 Å². The fourth-order valence-electron chi connectivity index (χ4n) is 1.54. The minimum atomic E-state index is 0.0994. The Morgan fingerprint density at radius 2 is 1.79 bits per heavy atom. The Kier molecular flexibility index (Phi) is 9.51. The summed E-state index contributed by atoms with van der Waals surface area (Å²) < 4.78 is 0. The van der Waals surface area contributed by atoms with Gasteiger partial charge in [0.05, 0.1) is 0 Å². The molecule has 0 heterocycles. The van der Waals surface area contributed by atoms with Crippen LogP contribution in [0.4, 0.5) is 5.69 Å². The van der Waals surface area contributed by atoms with Crippen LogP contribution in [0.15, 0.2) is 30.3 Å². The van der Waals surface area contributed by atoms with Crippen LogP contribution in [0.1, 0.15) is 59.4 Å². The van der Waals surface area contributed by atoms with Crippen molar-refractivity contribution in [2.24, 2.45) is 0 Å². The zero-order valence-electron chi connectivity index (χ0n) is 12.9. The number of rotatable bonds is 5. The third-order valence-corrected chi connectivity index (χ3v) is 2.81. The Morgan fingerprint density at radius 3 is 2.26 bits per heavy atom. The smallest absolute Gasteiger partial charge is 0.224 e. The number of unbranched alkanes of at least 4 members (excludes halogenated alkanes) is 1. The second-order valence-corrected chi connectivity index (χ2v) is 4.20. The summed E-state index contributed by atoms with van der Waals surface area (Å²) in [5, 5.41) is 2.90. The monoisotopic (exact) mass is 261 g/mol. The molecule has 0 aliphatic rings. The summed E-state index contributed by atoms with van der Waals surface area (Å²) in [5.74, 6) is 0.0994. The average molecular weight is 261 g/mol. The maximum atomic E-state index is 11.5. The summed E-state index contributed by atoms with van der Waals surface area (Å²) in [6.07, 6.45) is 4.68. The van der Waals surface area contributed by atoms with Gasteiger partial charge in [-0.3, -0.25) is 4.79 Å². The number of anilines is 1. The lowest BCUT2D eigenvalue weighted by Gasteiger charge is -2.06. The van der Waals surface area contributed by atoms with Crippen LogP contribution in [0.2, 0.25) is 0 Å².